The van der Waals surface area contributed by atoms with Crippen LogP contribution in [0.1, 0.15) is 46.8 Å². The van der Waals surface area contributed by atoms with Gasteiger partial charge in [-0.1, -0.05) is 65.3 Å². The molecular weight excluding hydrogens is 600 g/mol. The highest BCUT2D eigenvalue weighted by Crippen LogP contribution is 2.34. The van der Waals surface area contributed by atoms with Gasteiger partial charge < -0.3 is 9.40 Å². The van der Waals surface area contributed by atoms with Crippen LogP contribution >= 0.6 is 23.4 Å². The quantitative estimate of drug-likeness (QED) is 0.0377. The zero-order valence-electron chi connectivity index (χ0n) is 25.0. The standard InChI is InChI=1S/C38H31ClN2O3S/c1-25-9-6-7-12-32(25)38(43)28-15-21-37-34(24-28)33-23-27(14-20-36(33)41(37)30-10-4-3-5-11-30)35(40-44-26(2)42)13-8-22-45-31-18-16-29(39)17-19-31/h3-7,9-12,14-21,23-24H,8,13,22H2,1-2H3. The first kappa shape index (κ1) is 30.4. The first-order valence-corrected chi connectivity index (χ1v) is 16.1. The van der Waals surface area contributed by atoms with E-state index >= 15 is 0 Å². The first-order valence-electron chi connectivity index (χ1n) is 14.8. The average molecular weight is 631 g/mol. The summed E-state index contributed by atoms with van der Waals surface area (Å²) in [5.41, 5.74) is 6.84. The number of aryl methyl sites for hydroxylation is 1. The van der Waals surface area contributed by atoms with Crippen LogP contribution in [0.5, 0.6) is 0 Å². The lowest BCUT2D eigenvalue weighted by Gasteiger charge is -2.09. The van der Waals surface area contributed by atoms with Gasteiger partial charge in [-0.05, 0) is 97.8 Å². The molecule has 0 aliphatic carbocycles. The summed E-state index contributed by atoms with van der Waals surface area (Å²) in [4.78, 5) is 31.7. The molecule has 5 nitrogen and oxygen atoms in total. The average Bonchev–Trinajstić information content (AvgIpc) is 3.38. The SMILES string of the molecule is CC(=O)ON=C(CCCSc1ccc(Cl)cc1)c1ccc2c(c1)c1cc(C(=O)c3ccccc3C)ccc1n2-c1ccccc1. The van der Waals surface area contributed by atoms with Gasteiger partial charge >= 0.3 is 5.97 Å². The third kappa shape index (κ3) is 6.72. The van der Waals surface area contributed by atoms with Gasteiger partial charge in [0, 0.05) is 50.0 Å². The maximum atomic E-state index is 13.6. The van der Waals surface area contributed by atoms with Crippen molar-refractivity contribution in [2.24, 2.45) is 5.16 Å². The molecule has 0 saturated heterocycles. The van der Waals surface area contributed by atoms with Crippen LogP contribution in [0.15, 0.2) is 125 Å². The number of carbonyl (C=O) groups is 2. The Kier molecular flexibility index (Phi) is 9.15. The fourth-order valence-electron chi connectivity index (χ4n) is 5.50. The number of ketones is 1. The largest absolute Gasteiger partial charge is 0.331 e. The normalized spacial score (nSPS) is 11.7. The number of rotatable bonds is 10. The van der Waals surface area contributed by atoms with Crippen molar-refractivity contribution in [3.8, 4) is 5.69 Å². The Morgan fingerprint density at radius 1 is 0.800 bits per heavy atom. The van der Waals surface area contributed by atoms with Crippen LogP contribution in [0.4, 0.5) is 0 Å². The van der Waals surface area contributed by atoms with Crippen LogP contribution in [0, 0.1) is 6.92 Å². The third-order valence-electron chi connectivity index (χ3n) is 7.69. The first-order chi connectivity index (χ1) is 21.9. The molecule has 0 spiro atoms. The summed E-state index contributed by atoms with van der Waals surface area (Å²) in [6, 6.07) is 37.7. The zero-order chi connectivity index (χ0) is 31.3. The molecule has 0 radical (unpaired) electrons. The molecule has 0 N–H and O–H groups in total. The van der Waals surface area contributed by atoms with Crippen molar-refractivity contribution in [1.82, 2.24) is 4.57 Å². The molecule has 45 heavy (non-hydrogen) atoms. The van der Waals surface area contributed by atoms with E-state index in [1.165, 1.54) is 6.92 Å². The van der Waals surface area contributed by atoms with Crippen molar-refractivity contribution in [3.63, 3.8) is 0 Å². The summed E-state index contributed by atoms with van der Waals surface area (Å²) in [5, 5.41) is 6.93. The molecule has 0 aliphatic rings. The van der Waals surface area contributed by atoms with Crippen molar-refractivity contribution in [2.75, 3.05) is 5.75 Å². The number of halogens is 1. The number of benzene rings is 5. The number of aromatic nitrogens is 1. The Labute approximate surface area is 271 Å². The molecule has 0 unspecified atom stereocenters. The van der Waals surface area contributed by atoms with E-state index in [-0.39, 0.29) is 5.78 Å². The number of fused-ring (bicyclic) bond motifs is 3. The van der Waals surface area contributed by atoms with E-state index in [2.05, 4.69) is 34.0 Å². The van der Waals surface area contributed by atoms with Gasteiger partial charge in [-0.25, -0.2) is 4.79 Å². The molecule has 224 valence electrons. The lowest BCUT2D eigenvalue weighted by atomic mass is 9.97. The highest BCUT2D eigenvalue weighted by atomic mass is 35.5. The molecule has 6 rings (SSSR count). The van der Waals surface area contributed by atoms with E-state index in [0.717, 1.165) is 55.7 Å². The van der Waals surface area contributed by atoms with Crippen molar-refractivity contribution in [1.29, 1.82) is 0 Å². The summed E-state index contributed by atoms with van der Waals surface area (Å²) in [6.45, 7) is 3.30. The molecule has 5 aromatic carbocycles. The van der Waals surface area contributed by atoms with Crippen LogP contribution in [0.25, 0.3) is 27.5 Å². The Morgan fingerprint density at radius 3 is 2.13 bits per heavy atom. The van der Waals surface area contributed by atoms with E-state index in [0.29, 0.717) is 28.3 Å². The predicted molar refractivity (Wildman–Crippen MR) is 185 cm³/mol. The monoisotopic (exact) mass is 630 g/mol. The summed E-state index contributed by atoms with van der Waals surface area (Å²) >= 11 is 7.77. The van der Waals surface area contributed by atoms with Gasteiger partial charge in [0.25, 0.3) is 0 Å². The summed E-state index contributed by atoms with van der Waals surface area (Å²) in [7, 11) is 0. The van der Waals surface area contributed by atoms with Crippen LogP contribution in [-0.2, 0) is 9.63 Å². The Hall–Kier alpha value is -4.65. The number of carbonyl (C=O) groups excluding carboxylic acids is 2. The fraction of sp³-hybridized carbons (Fsp3) is 0.132. The Balaban J connectivity index is 1.41. The second kappa shape index (κ2) is 13.6. The molecule has 0 bridgehead atoms. The number of oxime groups is 1. The summed E-state index contributed by atoms with van der Waals surface area (Å²) in [6.07, 6.45) is 1.44. The fourth-order valence-corrected chi connectivity index (χ4v) is 6.48. The zero-order valence-corrected chi connectivity index (χ0v) is 26.6. The minimum absolute atomic E-state index is 0.0120. The third-order valence-corrected chi connectivity index (χ3v) is 9.04. The molecule has 7 heteroatoms. The maximum absolute atomic E-state index is 13.6. The van der Waals surface area contributed by atoms with E-state index in [9.17, 15) is 9.59 Å². The molecule has 6 aromatic rings. The molecule has 1 aromatic heterocycles. The van der Waals surface area contributed by atoms with Gasteiger partial charge in [-0.15, -0.1) is 11.8 Å². The van der Waals surface area contributed by atoms with Crippen molar-refractivity contribution >= 4 is 62.6 Å². The molecule has 0 atom stereocenters. The van der Waals surface area contributed by atoms with E-state index in [4.69, 9.17) is 16.4 Å². The minimum atomic E-state index is -0.468. The number of hydrogen-bond donors (Lipinski definition) is 0. The van der Waals surface area contributed by atoms with Gasteiger partial charge in [-0.2, -0.15) is 0 Å². The predicted octanol–water partition coefficient (Wildman–Crippen LogP) is 9.82. The second-order valence-corrected chi connectivity index (χ2v) is 12.4. The van der Waals surface area contributed by atoms with E-state index in [1.807, 2.05) is 97.9 Å². The van der Waals surface area contributed by atoms with Crippen LogP contribution < -0.4 is 0 Å². The summed E-state index contributed by atoms with van der Waals surface area (Å²) in [5.74, 6) is 0.381. The molecular formula is C38H31ClN2O3S. The van der Waals surface area contributed by atoms with Crippen LogP contribution in [0.3, 0.4) is 0 Å². The second-order valence-electron chi connectivity index (χ2n) is 10.8. The van der Waals surface area contributed by atoms with Crippen molar-refractivity contribution in [2.45, 2.75) is 31.6 Å². The highest BCUT2D eigenvalue weighted by molar-refractivity contribution is 7.99. The van der Waals surface area contributed by atoms with Gasteiger partial charge in [-0.3, -0.25) is 4.79 Å². The van der Waals surface area contributed by atoms with Gasteiger partial charge in [0.15, 0.2) is 5.78 Å². The minimum Gasteiger partial charge on any atom is -0.318 e. The maximum Gasteiger partial charge on any atom is 0.331 e. The molecule has 1 heterocycles. The van der Waals surface area contributed by atoms with Crippen LogP contribution in [0.2, 0.25) is 5.02 Å². The molecule has 0 fully saturated rings. The van der Waals surface area contributed by atoms with Crippen molar-refractivity contribution < 1.29 is 14.4 Å². The number of para-hydroxylation sites is 1. The van der Waals surface area contributed by atoms with E-state index in [1.54, 1.807) is 11.8 Å². The van der Waals surface area contributed by atoms with Gasteiger partial charge in [0.05, 0.1) is 16.7 Å². The number of nitrogens with zero attached hydrogens (tertiary/aromatic N) is 2. The highest BCUT2D eigenvalue weighted by Gasteiger charge is 2.18. The molecule has 0 aliphatic heterocycles. The lowest BCUT2D eigenvalue weighted by Crippen LogP contribution is -2.05. The topological polar surface area (TPSA) is 60.7 Å². The smallest absolute Gasteiger partial charge is 0.318 e. The van der Waals surface area contributed by atoms with Gasteiger partial charge in [0.2, 0.25) is 0 Å². The van der Waals surface area contributed by atoms with E-state index < -0.39 is 5.97 Å². The number of hydrogen-bond acceptors (Lipinski definition) is 5. The molecule has 0 saturated carbocycles. The van der Waals surface area contributed by atoms with Crippen LogP contribution in [-0.4, -0.2) is 27.8 Å². The Bertz CT molecular complexity index is 2050. The van der Waals surface area contributed by atoms with Gasteiger partial charge in [0.1, 0.15) is 0 Å². The lowest BCUT2D eigenvalue weighted by molar-refractivity contribution is -0.140. The summed E-state index contributed by atoms with van der Waals surface area (Å²) < 4.78 is 2.21. The number of thioether (sulfide) groups is 1. The Morgan fingerprint density at radius 2 is 1.44 bits per heavy atom. The van der Waals surface area contributed by atoms with Crippen molar-refractivity contribution in [3.05, 3.63) is 143 Å². The molecule has 0 amide bonds.